The molecule has 2 saturated heterocycles. The summed E-state index contributed by atoms with van der Waals surface area (Å²) in [5.41, 5.74) is 3.69. The number of hydrogen-bond donors (Lipinski definition) is 0. The van der Waals surface area contributed by atoms with Crippen molar-refractivity contribution >= 4 is 35.6 Å². The van der Waals surface area contributed by atoms with Crippen molar-refractivity contribution in [1.82, 2.24) is 4.90 Å². The van der Waals surface area contributed by atoms with Crippen LogP contribution in [0.2, 0.25) is 10.0 Å². The van der Waals surface area contributed by atoms with Gasteiger partial charge in [0.25, 0.3) is 0 Å². The summed E-state index contributed by atoms with van der Waals surface area (Å²) in [6.45, 7) is 0.719. The second-order valence-corrected chi connectivity index (χ2v) is 10.1. The zero-order valence-electron chi connectivity index (χ0n) is 18.7. The Bertz CT molecular complexity index is 1030. The predicted molar refractivity (Wildman–Crippen MR) is 140 cm³/mol. The van der Waals surface area contributed by atoms with Gasteiger partial charge < -0.3 is 9.64 Å². The molecular formula is C28H30Cl3NO. The Morgan fingerprint density at radius 1 is 0.848 bits per heavy atom. The van der Waals surface area contributed by atoms with E-state index < -0.39 is 0 Å². The van der Waals surface area contributed by atoms with Crippen LogP contribution in [-0.2, 0) is 4.74 Å². The van der Waals surface area contributed by atoms with Gasteiger partial charge in [-0.25, -0.2) is 0 Å². The summed E-state index contributed by atoms with van der Waals surface area (Å²) < 4.78 is 6.77. The molecule has 174 valence electrons. The maximum atomic E-state index is 6.77. The molecule has 33 heavy (non-hydrogen) atoms. The van der Waals surface area contributed by atoms with Crippen molar-refractivity contribution in [2.24, 2.45) is 5.92 Å². The van der Waals surface area contributed by atoms with Crippen LogP contribution >= 0.6 is 35.6 Å². The van der Waals surface area contributed by atoms with Crippen LogP contribution < -0.4 is 0 Å². The minimum atomic E-state index is -0.108. The zero-order valence-corrected chi connectivity index (χ0v) is 21.1. The van der Waals surface area contributed by atoms with Gasteiger partial charge in [0.1, 0.15) is 6.10 Å². The molecule has 0 saturated carbocycles. The van der Waals surface area contributed by atoms with E-state index in [-0.39, 0.29) is 18.5 Å². The normalized spacial score (nSPS) is 25.4. The van der Waals surface area contributed by atoms with Crippen molar-refractivity contribution in [3.8, 4) is 0 Å². The molecule has 5 atom stereocenters. The Balaban J connectivity index is 0.00000259. The highest BCUT2D eigenvalue weighted by Crippen LogP contribution is 2.47. The standard InChI is InChI=1S/C28H29Cl2NO.ClH/c1-31-24-15-16-27(31)26(25(17-24)19-7-11-22(29)12-8-19)18-32-28(20-5-3-2-4-6-20)21-9-13-23(30)14-10-21;/h2-14,24-28H,15-18H2,1H3;1H/t24?,25?,26-,27?,28?;/m1./s1. The summed E-state index contributed by atoms with van der Waals surface area (Å²) >= 11 is 12.3. The molecule has 2 bridgehead atoms. The third kappa shape index (κ3) is 5.26. The maximum absolute atomic E-state index is 6.77. The van der Waals surface area contributed by atoms with Crippen LogP contribution in [-0.4, -0.2) is 30.6 Å². The number of ether oxygens (including phenoxy) is 1. The average molecular weight is 503 g/mol. The zero-order chi connectivity index (χ0) is 22.1. The molecule has 0 amide bonds. The van der Waals surface area contributed by atoms with Crippen molar-refractivity contribution in [3.05, 3.63) is 106 Å². The third-order valence-corrected chi connectivity index (χ3v) is 7.96. The Hall–Kier alpha value is -1.55. The van der Waals surface area contributed by atoms with Gasteiger partial charge in [-0.3, -0.25) is 0 Å². The summed E-state index contributed by atoms with van der Waals surface area (Å²) in [5, 5.41) is 1.54. The van der Waals surface area contributed by atoms with Crippen molar-refractivity contribution in [3.63, 3.8) is 0 Å². The second-order valence-electron chi connectivity index (χ2n) is 9.20. The minimum absolute atomic E-state index is 0. The van der Waals surface area contributed by atoms with E-state index in [4.69, 9.17) is 27.9 Å². The van der Waals surface area contributed by atoms with Crippen LogP contribution in [0, 0.1) is 5.92 Å². The highest BCUT2D eigenvalue weighted by Gasteiger charge is 2.46. The molecule has 4 unspecified atom stereocenters. The number of benzene rings is 3. The van der Waals surface area contributed by atoms with E-state index in [0.29, 0.717) is 23.9 Å². The molecule has 3 aromatic rings. The van der Waals surface area contributed by atoms with Gasteiger partial charge in [0.05, 0.1) is 6.61 Å². The fraction of sp³-hybridized carbons (Fsp3) is 0.357. The van der Waals surface area contributed by atoms with Crippen LogP contribution in [0.15, 0.2) is 78.9 Å². The maximum Gasteiger partial charge on any atom is 0.108 e. The minimum Gasteiger partial charge on any atom is -0.368 e. The Morgan fingerprint density at radius 2 is 1.45 bits per heavy atom. The van der Waals surface area contributed by atoms with Crippen molar-refractivity contribution in [2.45, 2.75) is 43.4 Å². The first-order valence-electron chi connectivity index (χ1n) is 11.5. The monoisotopic (exact) mass is 501 g/mol. The van der Waals surface area contributed by atoms with E-state index in [1.807, 2.05) is 30.3 Å². The molecule has 2 aliphatic rings. The molecule has 3 aromatic carbocycles. The number of fused-ring (bicyclic) bond motifs is 2. The number of rotatable bonds is 6. The SMILES string of the molecule is CN1C2CCC1[C@H](COC(c1ccccc1)c1ccc(Cl)cc1)C(c1ccc(Cl)cc1)C2.Cl. The molecule has 0 radical (unpaired) electrons. The molecule has 5 rings (SSSR count). The molecule has 0 aliphatic carbocycles. The lowest BCUT2D eigenvalue weighted by Gasteiger charge is -2.43. The summed E-state index contributed by atoms with van der Waals surface area (Å²) in [4.78, 5) is 2.60. The molecule has 2 aliphatic heterocycles. The second kappa shape index (κ2) is 10.8. The Labute approximate surface area is 213 Å². The van der Waals surface area contributed by atoms with Gasteiger partial charge in [-0.15, -0.1) is 12.4 Å². The molecule has 2 heterocycles. The van der Waals surface area contributed by atoms with Crippen molar-refractivity contribution in [2.75, 3.05) is 13.7 Å². The first kappa shape index (κ1) is 24.6. The van der Waals surface area contributed by atoms with Gasteiger partial charge >= 0.3 is 0 Å². The molecule has 2 nitrogen and oxygen atoms in total. The molecular weight excluding hydrogens is 473 g/mol. The number of nitrogens with zero attached hydrogens (tertiary/aromatic N) is 1. The third-order valence-electron chi connectivity index (χ3n) is 7.46. The molecule has 0 aromatic heterocycles. The van der Waals surface area contributed by atoms with E-state index in [1.54, 1.807) is 0 Å². The largest absolute Gasteiger partial charge is 0.368 e. The smallest absolute Gasteiger partial charge is 0.108 e. The van der Waals surface area contributed by atoms with E-state index >= 15 is 0 Å². The first-order chi connectivity index (χ1) is 15.6. The first-order valence-corrected chi connectivity index (χ1v) is 12.2. The summed E-state index contributed by atoms with van der Waals surface area (Å²) in [6, 6.07) is 28.2. The van der Waals surface area contributed by atoms with Crippen LogP contribution in [0.5, 0.6) is 0 Å². The van der Waals surface area contributed by atoms with Crippen molar-refractivity contribution in [1.29, 1.82) is 0 Å². The summed E-state index contributed by atoms with van der Waals surface area (Å²) in [5.74, 6) is 0.932. The van der Waals surface area contributed by atoms with Crippen LogP contribution in [0.3, 0.4) is 0 Å². The lowest BCUT2D eigenvalue weighted by atomic mass is 9.76. The number of hydrogen-bond acceptors (Lipinski definition) is 2. The van der Waals surface area contributed by atoms with Gasteiger partial charge in [0.15, 0.2) is 0 Å². The lowest BCUT2D eigenvalue weighted by Crippen LogP contribution is -2.47. The van der Waals surface area contributed by atoms with E-state index in [2.05, 4.69) is 60.5 Å². The Kier molecular flexibility index (Phi) is 8.04. The molecule has 5 heteroatoms. The molecule has 0 N–H and O–H groups in total. The molecule has 2 fully saturated rings. The Morgan fingerprint density at radius 3 is 2.12 bits per heavy atom. The number of halogens is 3. The fourth-order valence-corrected chi connectivity index (χ4v) is 6.01. The van der Waals surface area contributed by atoms with Crippen LogP contribution in [0.4, 0.5) is 0 Å². The lowest BCUT2D eigenvalue weighted by molar-refractivity contribution is -0.00335. The summed E-state index contributed by atoms with van der Waals surface area (Å²) in [6.07, 6.45) is 3.60. The van der Waals surface area contributed by atoms with Crippen molar-refractivity contribution < 1.29 is 4.74 Å². The molecule has 0 spiro atoms. The van der Waals surface area contributed by atoms with Gasteiger partial charge in [-0.1, -0.05) is 77.8 Å². The quantitative estimate of drug-likeness (QED) is 0.341. The summed E-state index contributed by atoms with van der Waals surface area (Å²) in [7, 11) is 2.29. The predicted octanol–water partition coefficient (Wildman–Crippen LogP) is 7.79. The van der Waals surface area contributed by atoms with Gasteiger partial charge in [-0.05, 0) is 73.2 Å². The van der Waals surface area contributed by atoms with E-state index in [0.717, 1.165) is 22.2 Å². The van der Waals surface area contributed by atoms with E-state index in [1.165, 1.54) is 30.4 Å². The highest BCUT2D eigenvalue weighted by molar-refractivity contribution is 6.30. The van der Waals surface area contributed by atoms with Gasteiger partial charge in [0, 0.05) is 28.0 Å². The van der Waals surface area contributed by atoms with Crippen LogP contribution in [0.25, 0.3) is 0 Å². The van der Waals surface area contributed by atoms with Crippen LogP contribution in [0.1, 0.15) is 48.0 Å². The van der Waals surface area contributed by atoms with E-state index in [9.17, 15) is 0 Å². The van der Waals surface area contributed by atoms with Gasteiger partial charge in [0.2, 0.25) is 0 Å². The topological polar surface area (TPSA) is 12.5 Å². The van der Waals surface area contributed by atoms with Gasteiger partial charge in [-0.2, -0.15) is 0 Å². The number of piperidine rings is 1. The average Bonchev–Trinajstić information content (AvgIpc) is 3.06. The fourth-order valence-electron chi connectivity index (χ4n) is 5.76. The highest BCUT2D eigenvalue weighted by atomic mass is 35.5.